The normalized spacial score (nSPS) is 12.5. The lowest BCUT2D eigenvalue weighted by atomic mass is 10.1. The number of carboxylic acids is 1. The van der Waals surface area contributed by atoms with Crippen LogP contribution >= 0.6 is 43.5 Å². The molecule has 5 nitrogen and oxygen atoms in total. The van der Waals surface area contributed by atoms with Gasteiger partial charge in [-0.15, -0.1) is 0 Å². The van der Waals surface area contributed by atoms with Gasteiger partial charge in [0.15, 0.2) is 6.04 Å². The number of hydrogen-bond acceptors (Lipinski definition) is 4. The summed E-state index contributed by atoms with van der Waals surface area (Å²) in [5.74, 6) is -1.54. The van der Waals surface area contributed by atoms with Crippen molar-refractivity contribution >= 4 is 55.6 Å². The Hall–Kier alpha value is -1.57. The van der Waals surface area contributed by atoms with Crippen LogP contribution in [-0.2, 0) is 4.79 Å². The third-order valence-corrected chi connectivity index (χ3v) is 4.59. The standard InChI is InChI=1S/C15H10Br2ClNO4/c16-10-5-8(13(20)11(17)14(10)21)6-19-12(15(22)23)7-1-3-9(18)4-2-7/h1-6,12,20-21H,(H,22,23). The molecule has 0 bridgehead atoms. The summed E-state index contributed by atoms with van der Waals surface area (Å²) in [5, 5.41) is 29.5. The number of carbonyl (C=O) groups is 1. The molecule has 0 saturated carbocycles. The second kappa shape index (κ2) is 7.33. The summed E-state index contributed by atoms with van der Waals surface area (Å²) >= 11 is 12.0. The Balaban J connectivity index is 2.40. The fourth-order valence-corrected chi connectivity index (χ4v) is 3.09. The number of phenolic OH excluding ortho intramolecular Hbond substituents is 2. The molecule has 2 aromatic rings. The van der Waals surface area contributed by atoms with Gasteiger partial charge in [-0.05, 0) is 55.6 Å². The molecule has 0 spiro atoms. The van der Waals surface area contributed by atoms with Gasteiger partial charge in [-0.2, -0.15) is 0 Å². The molecular weight excluding hydrogens is 453 g/mol. The van der Waals surface area contributed by atoms with Crippen LogP contribution in [0.15, 0.2) is 44.3 Å². The molecule has 8 heteroatoms. The van der Waals surface area contributed by atoms with Crippen LogP contribution in [0, 0.1) is 0 Å². The number of rotatable bonds is 4. The number of benzene rings is 2. The van der Waals surface area contributed by atoms with E-state index in [1.807, 2.05) is 0 Å². The highest BCUT2D eigenvalue weighted by atomic mass is 79.9. The predicted molar refractivity (Wildman–Crippen MR) is 94.6 cm³/mol. The van der Waals surface area contributed by atoms with Crippen molar-refractivity contribution in [1.29, 1.82) is 0 Å². The van der Waals surface area contributed by atoms with E-state index >= 15 is 0 Å². The Labute approximate surface area is 153 Å². The second-order valence-electron chi connectivity index (χ2n) is 4.53. The van der Waals surface area contributed by atoms with Crippen molar-refractivity contribution < 1.29 is 20.1 Å². The number of aliphatic imine (C=N–C) groups is 1. The zero-order chi connectivity index (χ0) is 17.1. The van der Waals surface area contributed by atoms with Crippen LogP contribution in [0.2, 0.25) is 5.02 Å². The Kier molecular flexibility index (Phi) is 5.67. The number of carboxylic acid groups (broad SMARTS) is 1. The van der Waals surface area contributed by atoms with Crippen molar-refractivity contribution in [1.82, 2.24) is 0 Å². The summed E-state index contributed by atoms with van der Waals surface area (Å²) in [6.07, 6.45) is 1.23. The molecule has 0 amide bonds. The molecule has 0 aromatic heterocycles. The van der Waals surface area contributed by atoms with Crippen molar-refractivity contribution in [2.75, 3.05) is 0 Å². The first-order chi connectivity index (χ1) is 10.8. The minimum atomic E-state index is -1.14. The molecule has 3 N–H and O–H groups in total. The smallest absolute Gasteiger partial charge is 0.333 e. The van der Waals surface area contributed by atoms with Gasteiger partial charge in [-0.1, -0.05) is 23.7 Å². The Bertz CT molecular complexity index is 778. The first-order valence-corrected chi connectivity index (χ1v) is 8.19. The minimum Gasteiger partial charge on any atom is -0.506 e. The van der Waals surface area contributed by atoms with Crippen LogP contribution in [0.4, 0.5) is 0 Å². The van der Waals surface area contributed by atoms with Crippen LogP contribution < -0.4 is 0 Å². The van der Waals surface area contributed by atoms with Gasteiger partial charge in [0, 0.05) is 16.8 Å². The van der Waals surface area contributed by atoms with Crippen LogP contribution in [0.3, 0.4) is 0 Å². The Morgan fingerprint density at radius 3 is 2.35 bits per heavy atom. The molecule has 1 unspecified atom stereocenters. The SMILES string of the molecule is O=C(O)C(N=Cc1cc(Br)c(O)c(Br)c1O)c1ccc(Cl)cc1. The van der Waals surface area contributed by atoms with E-state index in [2.05, 4.69) is 36.9 Å². The van der Waals surface area contributed by atoms with Crippen LogP contribution in [-0.4, -0.2) is 27.5 Å². The van der Waals surface area contributed by atoms with E-state index in [1.165, 1.54) is 12.3 Å². The number of aromatic hydroxyl groups is 2. The molecule has 0 aliphatic carbocycles. The Morgan fingerprint density at radius 2 is 1.78 bits per heavy atom. The first kappa shape index (κ1) is 17.8. The number of nitrogens with zero attached hydrogens (tertiary/aromatic N) is 1. The summed E-state index contributed by atoms with van der Waals surface area (Å²) in [6, 6.07) is 6.58. The van der Waals surface area contributed by atoms with E-state index in [0.717, 1.165) is 0 Å². The number of aliphatic carboxylic acids is 1. The van der Waals surface area contributed by atoms with Gasteiger partial charge in [0.25, 0.3) is 0 Å². The van der Waals surface area contributed by atoms with Gasteiger partial charge in [0.1, 0.15) is 16.0 Å². The monoisotopic (exact) mass is 461 g/mol. The molecular formula is C15H10Br2ClNO4. The highest BCUT2D eigenvalue weighted by molar-refractivity contribution is 9.11. The van der Waals surface area contributed by atoms with E-state index in [1.54, 1.807) is 24.3 Å². The summed E-state index contributed by atoms with van der Waals surface area (Å²) < 4.78 is 0.425. The molecule has 0 heterocycles. The quantitative estimate of drug-likeness (QED) is 0.582. The lowest BCUT2D eigenvalue weighted by Crippen LogP contribution is -2.09. The maximum Gasteiger partial charge on any atom is 0.333 e. The number of halogens is 3. The summed E-state index contributed by atoms with van der Waals surface area (Å²) in [4.78, 5) is 15.4. The molecule has 0 aliphatic rings. The lowest BCUT2D eigenvalue weighted by molar-refractivity contribution is -0.138. The zero-order valence-corrected chi connectivity index (χ0v) is 15.3. The topological polar surface area (TPSA) is 90.1 Å². The second-order valence-corrected chi connectivity index (χ2v) is 6.61. The summed E-state index contributed by atoms with van der Waals surface area (Å²) in [6.45, 7) is 0. The van der Waals surface area contributed by atoms with E-state index in [4.69, 9.17) is 11.6 Å². The maximum atomic E-state index is 11.4. The average Bonchev–Trinajstić information content (AvgIpc) is 2.51. The van der Waals surface area contributed by atoms with E-state index < -0.39 is 12.0 Å². The molecule has 23 heavy (non-hydrogen) atoms. The van der Waals surface area contributed by atoms with Gasteiger partial charge >= 0.3 is 5.97 Å². The largest absolute Gasteiger partial charge is 0.506 e. The molecule has 120 valence electrons. The van der Waals surface area contributed by atoms with E-state index in [-0.39, 0.29) is 21.5 Å². The van der Waals surface area contributed by atoms with Crippen LogP contribution in [0.5, 0.6) is 11.5 Å². The molecule has 0 fully saturated rings. The summed E-state index contributed by atoms with van der Waals surface area (Å²) in [7, 11) is 0. The zero-order valence-electron chi connectivity index (χ0n) is 11.4. The third-order valence-electron chi connectivity index (χ3n) is 2.98. The summed E-state index contributed by atoms with van der Waals surface area (Å²) in [5.41, 5.74) is 0.705. The lowest BCUT2D eigenvalue weighted by Gasteiger charge is -2.09. The van der Waals surface area contributed by atoms with Gasteiger partial charge in [0.05, 0.1) is 4.47 Å². The highest BCUT2D eigenvalue weighted by Gasteiger charge is 2.19. The predicted octanol–water partition coefficient (Wildman–Crippen LogP) is 4.52. The van der Waals surface area contributed by atoms with Crippen molar-refractivity contribution in [2.45, 2.75) is 6.04 Å². The van der Waals surface area contributed by atoms with Gasteiger partial charge < -0.3 is 15.3 Å². The molecule has 2 aromatic carbocycles. The van der Waals surface area contributed by atoms with Gasteiger partial charge in [0.2, 0.25) is 0 Å². The molecule has 0 aliphatic heterocycles. The molecule has 2 rings (SSSR count). The first-order valence-electron chi connectivity index (χ1n) is 6.22. The van der Waals surface area contributed by atoms with Crippen molar-refractivity contribution in [3.05, 3.63) is 55.4 Å². The third kappa shape index (κ3) is 4.04. The fraction of sp³-hybridized carbons (Fsp3) is 0.0667. The molecule has 0 radical (unpaired) electrons. The van der Waals surface area contributed by atoms with E-state index in [0.29, 0.717) is 15.1 Å². The van der Waals surface area contributed by atoms with Crippen LogP contribution in [0.25, 0.3) is 0 Å². The molecule has 1 atom stereocenters. The van der Waals surface area contributed by atoms with Gasteiger partial charge in [-0.25, -0.2) is 4.79 Å². The number of phenols is 2. The minimum absolute atomic E-state index is 0.0895. The van der Waals surface area contributed by atoms with Crippen molar-refractivity contribution in [3.8, 4) is 11.5 Å². The fourth-order valence-electron chi connectivity index (χ4n) is 1.81. The van der Waals surface area contributed by atoms with Crippen molar-refractivity contribution in [3.63, 3.8) is 0 Å². The maximum absolute atomic E-state index is 11.4. The highest BCUT2D eigenvalue weighted by Crippen LogP contribution is 2.40. The average molecular weight is 464 g/mol. The van der Waals surface area contributed by atoms with Crippen molar-refractivity contribution in [2.24, 2.45) is 4.99 Å². The van der Waals surface area contributed by atoms with E-state index in [9.17, 15) is 20.1 Å². The van der Waals surface area contributed by atoms with Crippen LogP contribution in [0.1, 0.15) is 17.2 Å². The Morgan fingerprint density at radius 1 is 1.17 bits per heavy atom. The number of hydrogen-bond donors (Lipinski definition) is 3. The van der Waals surface area contributed by atoms with Gasteiger partial charge in [-0.3, -0.25) is 4.99 Å². The molecule has 0 saturated heterocycles.